The number of carbonyl (C=O) groups is 1. The number of aromatic nitrogens is 3. The zero-order chi connectivity index (χ0) is 15.8. The van der Waals surface area contributed by atoms with Crippen LogP contribution in [-0.2, 0) is 6.54 Å². The predicted octanol–water partition coefficient (Wildman–Crippen LogP) is 3.49. The van der Waals surface area contributed by atoms with E-state index >= 15 is 0 Å². The van der Waals surface area contributed by atoms with Crippen LogP contribution >= 0.6 is 11.3 Å². The molecule has 0 unspecified atom stereocenters. The molecule has 1 aromatic carbocycles. The summed E-state index contributed by atoms with van der Waals surface area (Å²) in [4.78, 5) is 16.2. The number of hydrogen-bond donors (Lipinski definition) is 0. The van der Waals surface area contributed by atoms with Crippen molar-refractivity contribution in [1.82, 2.24) is 19.9 Å². The minimum atomic E-state index is 0.0915. The van der Waals surface area contributed by atoms with Crippen LogP contribution in [0, 0.1) is 0 Å². The highest BCUT2D eigenvalue weighted by molar-refractivity contribution is 7.10. The molecule has 1 fully saturated rings. The number of likely N-dealkylation sites (tertiary alicyclic amines) is 1. The number of amides is 1. The number of nitrogens with zero attached hydrogens (tertiary/aromatic N) is 4. The third-order valence-corrected chi connectivity index (χ3v) is 5.42. The molecule has 2 aromatic heterocycles. The van der Waals surface area contributed by atoms with Crippen LogP contribution in [0.5, 0.6) is 0 Å². The number of fused-ring (bicyclic) bond motifs is 1. The molecule has 0 N–H and O–H groups in total. The highest BCUT2D eigenvalue weighted by Gasteiger charge is 2.31. The molecule has 1 aliphatic rings. The van der Waals surface area contributed by atoms with Crippen molar-refractivity contribution in [2.24, 2.45) is 0 Å². The normalized spacial score (nSPS) is 18.0. The van der Waals surface area contributed by atoms with Crippen LogP contribution in [-0.4, -0.2) is 32.3 Å². The summed E-state index contributed by atoms with van der Waals surface area (Å²) in [5.74, 6) is 0.0915. The molecule has 1 saturated heterocycles. The second-order valence-electron chi connectivity index (χ2n) is 5.78. The van der Waals surface area contributed by atoms with Gasteiger partial charge in [-0.05, 0) is 49.4 Å². The summed E-state index contributed by atoms with van der Waals surface area (Å²) in [6.07, 6.45) is 2.10. The third kappa shape index (κ3) is 2.43. The Morgan fingerprint density at radius 3 is 3.09 bits per heavy atom. The lowest BCUT2D eigenvalue weighted by Gasteiger charge is -2.24. The lowest BCUT2D eigenvalue weighted by atomic mass is 10.1. The van der Waals surface area contributed by atoms with Crippen molar-refractivity contribution < 1.29 is 4.79 Å². The maximum atomic E-state index is 12.9. The van der Waals surface area contributed by atoms with Gasteiger partial charge in [-0.2, -0.15) is 0 Å². The molecule has 23 heavy (non-hydrogen) atoms. The van der Waals surface area contributed by atoms with E-state index in [9.17, 15) is 4.79 Å². The van der Waals surface area contributed by atoms with Crippen molar-refractivity contribution in [2.75, 3.05) is 6.54 Å². The zero-order valence-corrected chi connectivity index (χ0v) is 13.8. The second-order valence-corrected chi connectivity index (χ2v) is 6.76. The first-order valence-corrected chi connectivity index (χ1v) is 8.83. The Hall–Kier alpha value is -2.21. The van der Waals surface area contributed by atoms with Gasteiger partial charge in [-0.1, -0.05) is 11.3 Å². The van der Waals surface area contributed by atoms with Gasteiger partial charge in [0.1, 0.15) is 5.52 Å². The lowest BCUT2D eigenvalue weighted by molar-refractivity contribution is 0.0738. The Labute approximate surface area is 138 Å². The van der Waals surface area contributed by atoms with E-state index in [1.807, 2.05) is 34.7 Å². The monoisotopic (exact) mass is 326 g/mol. The first kappa shape index (κ1) is 14.4. The molecule has 1 amide bonds. The largest absolute Gasteiger partial charge is 0.331 e. The molecule has 1 atom stereocenters. The van der Waals surface area contributed by atoms with Gasteiger partial charge >= 0.3 is 0 Å². The van der Waals surface area contributed by atoms with Gasteiger partial charge in [-0.25, -0.2) is 4.68 Å². The minimum Gasteiger partial charge on any atom is -0.331 e. The zero-order valence-electron chi connectivity index (χ0n) is 13.0. The average molecular weight is 326 g/mol. The molecule has 0 saturated carbocycles. The Kier molecular flexibility index (Phi) is 3.61. The van der Waals surface area contributed by atoms with Gasteiger partial charge in [-0.3, -0.25) is 4.79 Å². The van der Waals surface area contributed by atoms with Crippen LogP contribution in [0.1, 0.15) is 41.0 Å². The number of carbonyl (C=O) groups excluding carboxylic acids is 1. The molecule has 0 radical (unpaired) electrons. The quantitative estimate of drug-likeness (QED) is 0.740. The van der Waals surface area contributed by atoms with E-state index in [1.165, 1.54) is 4.88 Å². The SMILES string of the molecule is CCn1nnc2cc(C(=O)N3CCC[C@H]3c3cccs3)ccc21. The molecule has 0 bridgehead atoms. The predicted molar refractivity (Wildman–Crippen MR) is 90.5 cm³/mol. The van der Waals surface area contributed by atoms with Crippen molar-refractivity contribution in [2.45, 2.75) is 32.4 Å². The van der Waals surface area contributed by atoms with Gasteiger partial charge in [0.25, 0.3) is 5.91 Å². The summed E-state index contributed by atoms with van der Waals surface area (Å²) in [6, 6.07) is 10.1. The fourth-order valence-corrected chi connectivity index (χ4v) is 4.16. The second kappa shape index (κ2) is 5.77. The Bertz CT molecular complexity index is 840. The molecule has 3 heterocycles. The van der Waals surface area contributed by atoms with Crippen molar-refractivity contribution >= 4 is 28.3 Å². The molecule has 118 valence electrons. The van der Waals surface area contributed by atoms with E-state index in [-0.39, 0.29) is 11.9 Å². The van der Waals surface area contributed by atoms with Crippen molar-refractivity contribution in [3.63, 3.8) is 0 Å². The maximum Gasteiger partial charge on any atom is 0.254 e. The molecule has 3 aromatic rings. The molecule has 0 aliphatic carbocycles. The van der Waals surface area contributed by atoms with Gasteiger partial charge in [-0.15, -0.1) is 16.4 Å². The summed E-state index contributed by atoms with van der Waals surface area (Å²) in [7, 11) is 0. The van der Waals surface area contributed by atoms with Crippen molar-refractivity contribution in [3.05, 3.63) is 46.2 Å². The summed E-state index contributed by atoms with van der Waals surface area (Å²) in [5, 5.41) is 10.4. The Balaban J connectivity index is 1.65. The van der Waals surface area contributed by atoms with Gasteiger partial charge in [0.15, 0.2) is 0 Å². The molecule has 1 aliphatic heterocycles. The average Bonchev–Trinajstić information content (AvgIpc) is 3.31. The topological polar surface area (TPSA) is 51.0 Å². The van der Waals surface area contributed by atoms with E-state index in [0.717, 1.165) is 37.0 Å². The Morgan fingerprint density at radius 1 is 1.39 bits per heavy atom. The van der Waals surface area contributed by atoms with Crippen LogP contribution in [0.15, 0.2) is 35.7 Å². The van der Waals surface area contributed by atoms with Gasteiger partial charge < -0.3 is 4.90 Å². The summed E-state index contributed by atoms with van der Waals surface area (Å²) in [6.45, 7) is 3.63. The number of rotatable bonds is 3. The van der Waals surface area contributed by atoms with Crippen LogP contribution in [0.4, 0.5) is 0 Å². The standard InChI is InChI=1S/C17H18N4OS/c1-2-21-14-8-7-12(11-13(14)18-19-21)17(22)20-9-3-5-15(20)16-6-4-10-23-16/h4,6-8,10-11,15H,2-3,5,9H2,1H3/t15-/m0/s1. The van der Waals surface area contributed by atoms with E-state index in [4.69, 9.17) is 0 Å². The number of hydrogen-bond acceptors (Lipinski definition) is 4. The number of benzene rings is 1. The Morgan fingerprint density at radius 2 is 2.30 bits per heavy atom. The first-order valence-electron chi connectivity index (χ1n) is 7.95. The molecule has 0 spiro atoms. The van der Waals surface area contributed by atoms with Crippen LogP contribution in [0.3, 0.4) is 0 Å². The molecule has 4 rings (SSSR count). The minimum absolute atomic E-state index is 0.0915. The van der Waals surface area contributed by atoms with Crippen LogP contribution in [0.2, 0.25) is 0 Å². The van der Waals surface area contributed by atoms with Crippen LogP contribution < -0.4 is 0 Å². The van der Waals surface area contributed by atoms with Crippen molar-refractivity contribution in [3.8, 4) is 0 Å². The van der Waals surface area contributed by atoms with Gasteiger partial charge in [0.2, 0.25) is 0 Å². The van der Waals surface area contributed by atoms with E-state index < -0.39 is 0 Å². The van der Waals surface area contributed by atoms with E-state index in [0.29, 0.717) is 5.56 Å². The maximum absolute atomic E-state index is 12.9. The fraction of sp³-hybridized carbons (Fsp3) is 0.353. The fourth-order valence-electron chi connectivity index (χ4n) is 3.29. The van der Waals surface area contributed by atoms with Crippen LogP contribution in [0.25, 0.3) is 11.0 Å². The molecular formula is C17H18N4OS. The molecule has 5 nitrogen and oxygen atoms in total. The van der Waals surface area contributed by atoms with E-state index in [1.54, 1.807) is 11.3 Å². The third-order valence-electron chi connectivity index (χ3n) is 4.45. The molecule has 6 heteroatoms. The van der Waals surface area contributed by atoms with Crippen molar-refractivity contribution in [1.29, 1.82) is 0 Å². The smallest absolute Gasteiger partial charge is 0.254 e. The highest BCUT2D eigenvalue weighted by atomic mass is 32.1. The molecular weight excluding hydrogens is 308 g/mol. The van der Waals surface area contributed by atoms with Gasteiger partial charge in [0, 0.05) is 23.5 Å². The first-order chi connectivity index (χ1) is 11.3. The summed E-state index contributed by atoms with van der Waals surface area (Å²) < 4.78 is 1.84. The van der Waals surface area contributed by atoms with E-state index in [2.05, 4.69) is 27.8 Å². The highest BCUT2D eigenvalue weighted by Crippen LogP contribution is 2.35. The number of thiophene rings is 1. The summed E-state index contributed by atoms with van der Waals surface area (Å²) in [5.41, 5.74) is 2.45. The lowest BCUT2D eigenvalue weighted by Crippen LogP contribution is -2.30. The van der Waals surface area contributed by atoms with Gasteiger partial charge in [0.05, 0.1) is 11.6 Å². The number of aryl methyl sites for hydroxylation is 1. The summed E-state index contributed by atoms with van der Waals surface area (Å²) >= 11 is 1.73.